The van der Waals surface area contributed by atoms with Gasteiger partial charge in [-0.15, -0.1) is 11.3 Å². The Morgan fingerprint density at radius 1 is 1.25 bits per heavy atom. The van der Waals surface area contributed by atoms with Crippen LogP contribution in [0.3, 0.4) is 0 Å². The number of hydrogen-bond donors (Lipinski definition) is 1. The summed E-state index contributed by atoms with van der Waals surface area (Å²) in [5.41, 5.74) is 0.731. The Balaban J connectivity index is 1.81. The number of aromatic nitrogens is 1. The SMILES string of the molecule is Cc1nc(C2CCCC2)sc1C(=O)N(CC(=O)O)C1CCOCC1. The molecule has 0 bridgehead atoms. The first-order chi connectivity index (χ1) is 11.6. The molecule has 1 aromatic rings. The zero-order chi connectivity index (χ0) is 17.1. The molecule has 2 heterocycles. The Labute approximate surface area is 145 Å². The Morgan fingerprint density at radius 3 is 2.54 bits per heavy atom. The molecule has 0 unspecified atom stereocenters. The second-order valence-electron chi connectivity index (χ2n) is 6.62. The highest BCUT2D eigenvalue weighted by Gasteiger charge is 2.31. The summed E-state index contributed by atoms with van der Waals surface area (Å²) >= 11 is 1.46. The van der Waals surface area contributed by atoms with Crippen LogP contribution in [0.15, 0.2) is 0 Å². The maximum absolute atomic E-state index is 13.0. The highest BCUT2D eigenvalue weighted by molar-refractivity contribution is 7.13. The van der Waals surface area contributed by atoms with Crippen molar-refractivity contribution in [3.8, 4) is 0 Å². The number of hydrogen-bond acceptors (Lipinski definition) is 5. The van der Waals surface area contributed by atoms with Crippen molar-refractivity contribution in [2.75, 3.05) is 19.8 Å². The molecule has 6 nitrogen and oxygen atoms in total. The molecule has 24 heavy (non-hydrogen) atoms. The maximum Gasteiger partial charge on any atom is 0.323 e. The van der Waals surface area contributed by atoms with Gasteiger partial charge in [-0.1, -0.05) is 12.8 Å². The van der Waals surface area contributed by atoms with E-state index in [1.807, 2.05) is 6.92 Å². The molecule has 0 radical (unpaired) electrons. The van der Waals surface area contributed by atoms with Gasteiger partial charge < -0.3 is 14.7 Å². The van der Waals surface area contributed by atoms with Crippen molar-refractivity contribution in [1.82, 2.24) is 9.88 Å². The Hall–Kier alpha value is -1.47. The number of rotatable bonds is 5. The maximum atomic E-state index is 13.0. The lowest BCUT2D eigenvalue weighted by Crippen LogP contribution is -2.46. The van der Waals surface area contributed by atoms with Crippen LogP contribution in [-0.2, 0) is 9.53 Å². The number of carboxylic acid groups (broad SMARTS) is 1. The molecule has 1 aliphatic carbocycles. The zero-order valence-corrected chi connectivity index (χ0v) is 14.8. The normalized spacial score (nSPS) is 19.5. The third-order valence-corrected chi connectivity index (χ3v) is 6.22. The topological polar surface area (TPSA) is 79.7 Å². The van der Waals surface area contributed by atoms with Gasteiger partial charge in [0.05, 0.1) is 10.7 Å². The number of aryl methyl sites for hydroxylation is 1. The molecule has 7 heteroatoms. The predicted molar refractivity (Wildman–Crippen MR) is 90.6 cm³/mol. The average molecular weight is 352 g/mol. The van der Waals surface area contributed by atoms with Crippen LogP contribution in [0.25, 0.3) is 0 Å². The summed E-state index contributed by atoms with van der Waals surface area (Å²) in [5.74, 6) is -0.706. The van der Waals surface area contributed by atoms with E-state index in [9.17, 15) is 14.7 Å². The van der Waals surface area contributed by atoms with E-state index in [1.54, 1.807) is 0 Å². The molecule has 132 valence electrons. The fraction of sp³-hybridized carbons (Fsp3) is 0.706. The number of nitrogens with zero attached hydrogens (tertiary/aromatic N) is 2. The van der Waals surface area contributed by atoms with E-state index in [0.717, 1.165) is 23.5 Å². The third-order valence-electron chi connectivity index (χ3n) is 4.91. The van der Waals surface area contributed by atoms with Gasteiger partial charge in [0.1, 0.15) is 11.4 Å². The van der Waals surface area contributed by atoms with E-state index in [0.29, 0.717) is 36.9 Å². The molecular formula is C17H24N2O4S. The summed E-state index contributed by atoms with van der Waals surface area (Å²) in [6, 6.07) is -0.0706. The van der Waals surface area contributed by atoms with Crippen molar-refractivity contribution < 1.29 is 19.4 Å². The first-order valence-electron chi connectivity index (χ1n) is 8.64. The van der Waals surface area contributed by atoms with Crippen LogP contribution in [0.4, 0.5) is 0 Å². The smallest absolute Gasteiger partial charge is 0.323 e. The molecule has 1 saturated carbocycles. The Morgan fingerprint density at radius 2 is 1.92 bits per heavy atom. The lowest BCUT2D eigenvalue weighted by molar-refractivity contribution is -0.138. The number of carbonyl (C=O) groups excluding carboxylic acids is 1. The summed E-state index contributed by atoms with van der Waals surface area (Å²) in [6.45, 7) is 2.73. The minimum Gasteiger partial charge on any atom is -0.480 e. The van der Waals surface area contributed by atoms with E-state index in [4.69, 9.17) is 4.74 Å². The number of aliphatic carboxylic acids is 1. The molecule has 1 aliphatic heterocycles. The van der Waals surface area contributed by atoms with Gasteiger partial charge in [0.2, 0.25) is 0 Å². The summed E-state index contributed by atoms with van der Waals surface area (Å²) in [7, 11) is 0. The number of carboxylic acids is 1. The fourth-order valence-corrected chi connectivity index (χ4v) is 4.79. The van der Waals surface area contributed by atoms with Gasteiger partial charge in [0.15, 0.2) is 0 Å². The Bertz CT molecular complexity index is 604. The van der Waals surface area contributed by atoms with Gasteiger partial charge in [-0.05, 0) is 32.6 Å². The van der Waals surface area contributed by atoms with Gasteiger partial charge in [-0.25, -0.2) is 4.98 Å². The van der Waals surface area contributed by atoms with Crippen molar-refractivity contribution >= 4 is 23.2 Å². The molecule has 3 rings (SSSR count). The summed E-state index contributed by atoms with van der Waals surface area (Å²) in [4.78, 5) is 31.0. The van der Waals surface area contributed by atoms with E-state index in [1.165, 1.54) is 29.1 Å². The third kappa shape index (κ3) is 3.78. The minimum absolute atomic E-state index is 0.0706. The minimum atomic E-state index is -0.979. The average Bonchev–Trinajstić information content (AvgIpc) is 3.22. The standard InChI is InChI=1S/C17H24N2O4S/c1-11-15(24-16(18-11)12-4-2-3-5-12)17(22)19(10-14(20)21)13-6-8-23-9-7-13/h12-13H,2-10H2,1H3,(H,20,21). The van der Waals surface area contributed by atoms with Gasteiger partial charge in [0.25, 0.3) is 5.91 Å². The van der Waals surface area contributed by atoms with Crippen LogP contribution >= 0.6 is 11.3 Å². The Kier molecular flexibility index (Phi) is 5.50. The first kappa shape index (κ1) is 17.4. The number of ether oxygens (including phenoxy) is 1. The molecule has 2 fully saturated rings. The highest BCUT2D eigenvalue weighted by Crippen LogP contribution is 2.37. The monoisotopic (exact) mass is 352 g/mol. The molecule has 1 saturated heterocycles. The van der Waals surface area contributed by atoms with Gasteiger partial charge in [-0.3, -0.25) is 9.59 Å². The molecule has 2 aliphatic rings. The highest BCUT2D eigenvalue weighted by atomic mass is 32.1. The molecule has 0 atom stereocenters. The second kappa shape index (κ2) is 7.61. The van der Waals surface area contributed by atoms with Crippen LogP contribution in [0, 0.1) is 6.92 Å². The molecule has 1 N–H and O–H groups in total. The van der Waals surface area contributed by atoms with Crippen LogP contribution in [0.5, 0.6) is 0 Å². The largest absolute Gasteiger partial charge is 0.480 e. The van der Waals surface area contributed by atoms with E-state index in [2.05, 4.69) is 4.98 Å². The van der Waals surface area contributed by atoms with Gasteiger partial charge in [-0.2, -0.15) is 0 Å². The molecule has 1 aromatic heterocycles. The number of amides is 1. The van der Waals surface area contributed by atoms with Crippen LogP contribution in [0.1, 0.15) is 64.8 Å². The zero-order valence-electron chi connectivity index (χ0n) is 14.0. The van der Waals surface area contributed by atoms with Crippen molar-refractivity contribution in [3.63, 3.8) is 0 Å². The van der Waals surface area contributed by atoms with E-state index >= 15 is 0 Å². The lowest BCUT2D eigenvalue weighted by Gasteiger charge is -2.33. The number of thiazole rings is 1. The van der Waals surface area contributed by atoms with Crippen molar-refractivity contribution in [2.45, 2.75) is 57.4 Å². The molecular weight excluding hydrogens is 328 g/mol. The first-order valence-corrected chi connectivity index (χ1v) is 9.45. The van der Waals surface area contributed by atoms with Gasteiger partial charge >= 0.3 is 5.97 Å². The quantitative estimate of drug-likeness (QED) is 0.881. The van der Waals surface area contributed by atoms with E-state index < -0.39 is 5.97 Å². The van der Waals surface area contributed by atoms with Crippen LogP contribution < -0.4 is 0 Å². The lowest BCUT2D eigenvalue weighted by atomic mass is 10.1. The molecule has 0 aromatic carbocycles. The van der Waals surface area contributed by atoms with Crippen LogP contribution in [0.2, 0.25) is 0 Å². The predicted octanol–water partition coefficient (Wildman–Crippen LogP) is 2.81. The van der Waals surface area contributed by atoms with Crippen molar-refractivity contribution in [1.29, 1.82) is 0 Å². The molecule has 1 amide bonds. The van der Waals surface area contributed by atoms with E-state index in [-0.39, 0.29) is 18.5 Å². The fourth-order valence-electron chi connectivity index (χ4n) is 3.60. The number of carbonyl (C=O) groups is 2. The summed E-state index contributed by atoms with van der Waals surface area (Å²) < 4.78 is 5.34. The second-order valence-corrected chi connectivity index (χ2v) is 7.65. The van der Waals surface area contributed by atoms with Crippen molar-refractivity contribution in [2.24, 2.45) is 0 Å². The van der Waals surface area contributed by atoms with Crippen LogP contribution in [-0.4, -0.2) is 52.7 Å². The summed E-state index contributed by atoms with van der Waals surface area (Å²) in [5, 5.41) is 10.3. The molecule has 0 spiro atoms. The van der Waals surface area contributed by atoms with Crippen molar-refractivity contribution in [3.05, 3.63) is 15.6 Å². The summed E-state index contributed by atoms with van der Waals surface area (Å²) in [6.07, 6.45) is 6.09. The van der Waals surface area contributed by atoms with Gasteiger partial charge in [0, 0.05) is 25.2 Å².